The van der Waals surface area contributed by atoms with Gasteiger partial charge in [0, 0.05) is 0 Å². The summed E-state index contributed by atoms with van der Waals surface area (Å²) in [6.07, 6.45) is 10.6. The second-order valence-corrected chi connectivity index (χ2v) is 12.8. The van der Waals surface area contributed by atoms with Crippen LogP contribution in [0.15, 0.2) is 134 Å². The van der Waals surface area contributed by atoms with Crippen molar-refractivity contribution in [1.29, 1.82) is 0 Å². The molecule has 0 aromatic heterocycles. The monoisotopic (exact) mass is 766 g/mol. The summed E-state index contributed by atoms with van der Waals surface area (Å²) in [5.74, 6) is 0. The molecule has 2 unspecified atom stereocenters. The summed E-state index contributed by atoms with van der Waals surface area (Å²) in [6, 6.07) is 24.7. The molecular weight excluding hydrogens is 718 g/mol. The Hall–Kier alpha value is -1.92. The average molecular weight is 767 g/mol. The number of halogens is 2. The standard InChI is InChI=1S/C20H16P2.C14H20N2.2C2H6.2ClH.Ru/c21-17-11-9-13-5-1-3-7-15(13)19(17)20-16-8-4-2-6-14(16)10-12-18(20)22;1-5-9-11(7-3)13(15)14(16)12(8-4)10-6-2;2*1-2;;;/h1-12H,21-22H2;5-10,13-16H,1,3H2,2,4H3;2*1-2H3;2*1H;/q;-2;;;;;+4/p-2/b;10-6-,11-9+,12-8+;;;;;/t;13-,14-;;;;;/m.1...../s1. The van der Waals surface area contributed by atoms with E-state index in [0.29, 0.717) is 0 Å². The fraction of sp³-hybridized carbons (Fsp3) is 0.211. The molecule has 0 radical (unpaired) electrons. The molecule has 0 aliphatic rings. The summed E-state index contributed by atoms with van der Waals surface area (Å²) >= 11 is -0.346. The fourth-order valence-corrected chi connectivity index (χ4v) is 5.32. The third-order valence-electron chi connectivity index (χ3n) is 6.46. The van der Waals surface area contributed by atoms with Crippen LogP contribution in [0, 0.1) is 0 Å². The van der Waals surface area contributed by atoms with Crippen molar-refractivity contribution in [2.24, 2.45) is 0 Å². The third-order valence-corrected chi connectivity index (χ3v) is 7.42. The molecular formula is C38H48Cl2N2P2Ru. The molecule has 0 heterocycles. The number of hydrogen-bond acceptors (Lipinski definition) is 0. The molecule has 2 N–H and O–H groups in total. The summed E-state index contributed by atoms with van der Waals surface area (Å²) in [5, 5.41) is 7.63. The normalized spacial score (nSPS) is 12.3. The molecule has 4 rings (SSSR count). The molecule has 4 aromatic rings. The summed E-state index contributed by atoms with van der Waals surface area (Å²) in [4.78, 5) is 0. The quantitative estimate of drug-likeness (QED) is 0.102. The van der Waals surface area contributed by atoms with Gasteiger partial charge in [-0.15, -0.1) is 30.6 Å². The van der Waals surface area contributed by atoms with E-state index in [1.807, 2.05) is 59.8 Å². The van der Waals surface area contributed by atoms with Crippen LogP contribution in [0.4, 0.5) is 0 Å². The SMILES string of the molecule is C=C/C=C(\C=C)[C@@H]([NH-])[C@H]([NH-])C(/C=C\C)=C/C.CC.CC.Pc1ccc2ccccc2c1-c1c(P)ccc2ccccc12.[Cl][Ru+2][Cl]. The van der Waals surface area contributed by atoms with E-state index in [1.54, 1.807) is 18.2 Å². The Morgan fingerprint density at radius 1 is 0.711 bits per heavy atom. The summed E-state index contributed by atoms with van der Waals surface area (Å²) in [6.45, 7) is 19.0. The first-order valence-electron chi connectivity index (χ1n) is 14.9. The number of allylic oxidation sites excluding steroid dienone is 4. The van der Waals surface area contributed by atoms with Crippen molar-refractivity contribution in [3.8, 4) is 11.1 Å². The predicted molar refractivity (Wildman–Crippen MR) is 213 cm³/mol. The second-order valence-electron chi connectivity index (χ2n) is 8.90. The van der Waals surface area contributed by atoms with Gasteiger partial charge in [-0.2, -0.15) is 0 Å². The molecule has 45 heavy (non-hydrogen) atoms. The molecule has 2 nitrogen and oxygen atoms in total. The Balaban J connectivity index is 0.000000747. The van der Waals surface area contributed by atoms with E-state index >= 15 is 0 Å². The minimum atomic E-state index is -0.627. The molecule has 0 aliphatic carbocycles. The van der Waals surface area contributed by atoms with Gasteiger partial charge in [0.05, 0.1) is 0 Å². The van der Waals surface area contributed by atoms with Gasteiger partial charge < -0.3 is 11.5 Å². The fourth-order valence-electron chi connectivity index (χ4n) is 4.53. The molecule has 0 spiro atoms. The Morgan fingerprint density at radius 3 is 1.47 bits per heavy atom. The van der Waals surface area contributed by atoms with Gasteiger partial charge in [0.25, 0.3) is 0 Å². The van der Waals surface area contributed by atoms with Gasteiger partial charge in [-0.1, -0.05) is 161 Å². The molecule has 4 aromatic carbocycles. The average Bonchev–Trinajstić information content (AvgIpc) is 3.08. The minimum absolute atomic E-state index is 0.346. The molecule has 0 amide bonds. The van der Waals surface area contributed by atoms with Crippen LogP contribution in [0.5, 0.6) is 0 Å². The van der Waals surface area contributed by atoms with Crippen molar-refractivity contribution >= 4 is 70.0 Å². The zero-order chi connectivity index (χ0) is 34.4. The maximum absolute atomic E-state index is 8.02. The molecule has 7 heteroatoms. The van der Waals surface area contributed by atoms with E-state index in [4.69, 9.17) is 30.8 Å². The molecule has 0 saturated heterocycles. The zero-order valence-corrected chi connectivity index (χ0v) is 32.8. The number of benzene rings is 4. The first-order valence-corrected chi connectivity index (χ1v) is 20.5. The van der Waals surface area contributed by atoms with Crippen LogP contribution in [-0.4, -0.2) is 12.1 Å². The first-order chi connectivity index (χ1) is 21.8. The van der Waals surface area contributed by atoms with E-state index in [2.05, 4.69) is 104 Å². The van der Waals surface area contributed by atoms with E-state index in [0.717, 1.165) is 11.1 Å². The van der Waals surface area contributed by atoms with Crippen molar-refractivity contribution in [2.45, 2.75) is 53.6 Å². The molecule has 0 saturated carbocycles. The number of fused-ring (bicyclic) bond motifs is 2. The van der Waals surface area contributed by atoms with Crippen molar-refractivity contribution in [3.63, 3.8) is 0 Å². The van der Waals surface area contributed by atoms with Gasteiger partial charge in [0.2, 0.25) is 0 Å². The maximum atomic E-state index is 8.02. The van der Waals surface area contributed by atoms with Gasteiger partial charge in [0.1, 0.15) is 0 Å². The molecule has 0 aliphatic heterocycles. The number of rotatable bonds is 7. The third kappa shape index (κ3) is 13.0. The van der Waals surface area contributed by atoms with Gasteiger partial charge in [-0.3, -0.25) is 0 Å². The van der Waals surface area contributed by atoms with Crippen molar-refractivity contribution in [3.05, 3.63) is 145 Å². The molecule has 0 bridgehead atoms. The first kappa shape index (κ1) is 43.1. The van der Waals surface area contributed by atoms with Gasteiger partial charge >= 0.3 is 34.5 Å². The predicted octanol–water partition coefficient (Wildman–Crippen LogP) is 12.7. The van der Waals surface area contributed by atoms with Crippen LogP contribution in [0.1, 0.15) is 41.5 Å². The van der Waals surface area contributed by atoms with Crippen LogP contribution < -0.4 is 10.6 Å². The Kier molecular flexibility index (Phi) is 24.1. The molecule has 4 atom stereocenters. The second kappa shape index (κ2) is 25.2. The van der Waals surface area contributed by atoms with Crippen LogP contribution in [0.2, 0.25) is 0 Å². The van der Waals surface area contributed by atoms with E-state index < -0.39 is 12.1 Å². The van der Waals surface area contributed by atoms with Gasteiger partial charge in [0.15, 0.2) is 0 Å². The Morgan fingerprint density at radius 2 is 1.11 bits per heavy atom. The Bertz CT molecular complexity index is 1480. The number of hydrogen-bond donors (Lipinski definition) is 0. The van der Waals surface area contributed by atoms with Crippen LogP contribution in [0.3, 0.4) is 0 Å². The van der Waals surface area contributed by atoms with Crippen LogP contribution in [0.25, 0.3) is 44.1 Å². The Labute approximate surface area is 293 Å². The van der Waals surface area contributed by atoms with E-state index in [9.17, 15) is 0 Å². The molecule has 0 fully saturated rings. The number of nitrogens with one attached hydrogen (secondary N) is 2. The van der Waals surface area contributed by atoms with Gasteiger partial charge in [-0.05, 0) is 57.1 Å². The summed E-state index contributed by atoms with van der Waals surface area (Å²) < 4.78 is 0. The van der Waals surface area contributed by atoms with Crippen molar-refractivity contribution in [2.75, 3.05) is 0 Å². The molecule has 242 valence electrons. The van der Waals surface area contributed by atoms with Crippen molar-refractivity contribution < 1.29 is 15.1 Å². The summed E-state index contributed by atoms with van der Waals surface area (Å²) in [5.41, 5.74) is 20.2. The van der Waals surface area contributed by atoms with Crippen LogP contribution >= 0.6 is 37.9 Å². The van der Waals surface area contributed by atoms with Gasteiger partial charge in [-0.25, -0.2) is 0 Å². The summed E-state index contributed by atoms with van der Waals surface area (Å²) in [7, 11) is 15.5. The van der Waals surface area contributed by atoms with E-state index in [1.165, 1.54) is 43.3 Å². The van der Waals surface area contributed by atoms with E-state index in [-0.39, 0.29) is 15.1 Å². The van der Waals surface area contributed by atoms with Crippen LogP contribution in [-0.2, 0) is 15.1 Å². The van der Waals surface area contributed by atoms with Crippen molar-refractivity contribution in [1.82, 2.24) is 0 Å². The zero-order valence-electron chi connectivity index (χ0n) is 27.2. The topological polar surface area (TPSA) is 47.6 Å².